The smallest absolute Gasteiger partial charge is 0.125 e. The zero-order valence-electron chi connectivity index (χ0n) is 11.4. The van der Waals surface area contributed by atoms with E-state index in [-0.39, 0.29) is 0 Å². The van der Waals surface area contributed by atoms with Crippen LogP contribution < -0.4 is 4.74 Å². The van der Waals surface area contributed by atoms with Gasteiger partial charge in [-0.25, -0.2) is 0 Å². The van der Waals surface area contributed by atoms with Crippen molar-refractivity contribution in [1.82, 2.24) is 0 Å². The molecule has 2 aromatic rings. The Balaban J connectivity index is 2.30. The highest BCUT2D eigenvalue weighted by molar-refractivity contribution is 7.10. The number of hydrogen-bond acceptors (Lipinski definition) is 3. The first kappa shape index (κ1) is 14.1. The standard InChI is InChI=1S/C16H20O2S/c1-3-10-18-14-8-6-5-7-13(14)15(17)16-12(4-2)9-11-19-16/h5-9,11,15,17H,3-4,10H2,1-2H3. The molecule has 1 unspecified atom stereocenters. The van der Waals surface area contributed by atoms with Gasteiger partial charge in [0.25, 0.3) is 0 Å². The number of para-hydroxylation sites is 1. The molecule has 0 aliphatic heterocycles. The molecule has 0 amide bonds. The van der Waals surface area contributed by atoms with Crippen LogP contribution in [0.3, 0.4) is 0 Å². The molecular formula is C16H20O2S. The molecule has 2 nitrogen and oxygen atoms in total. The molecular weight excluding hydrogens is 256 g/mol. The molecule has 1 aromatic carbocycles. The van der Waals surface area contributed by atoms with Crippen LogP contribution >= 0.6 is 11.3 Å². The van der Waals surface area contributed by atoms with Crippen molar-refractivity contribution < 1.29 is 9.84 Å². The Labute approximate surface area is 118 Å². The summed E-state index contributed by atoms with van der Waals surface area (Å²) >= 11 is 1.60. The van der Waals surface area contributed by atoms with Crippen molar-refractivity contribution >= 4 is 11.3 Å². The van der Waals surface area contributed by atoms with Gasteiger partial charge in [0.15, 0.2) is 0 Å². The first-order chi connectivity index (χ1) is 9.27. The average molecular weight is 276 g/mol. The van der Waals surface area contributed by atoms with E-state index in [1.165, 1.54) is 5.56 Å². The number of aryl methyl sites for hydroxylation is 1. The van der Waals surface area contributed by atoms with Gasteiger partial charge in [-0.05, 0) is 35.9 Å². The van der Waals surface area contributed by atoms with Crippen molar-refractivity contribution in [3.05, 3.63) is 51.7 Å². The highest BCUT2D eigenvalue weighted by atomic mass is 32.1. The lowest BCUT2D eigenvalue weighted by Gasteiger charge is -2.16. The topological polar surface area (TPSA) is 29.5 Å². The van der Waals surface area contributed by atoms with Crippen LogP contribution in [0.5, 0.6) is 5.75 Å². The van der Waals surface area contributed by atoms with Crippen molar-refractivity contribution in [3.63, 3.8) is 0 Å². The van der Waals surface area contributed by atoms with E-state index in [2.05, 4.69) is 19.9 Å². The fraction of sp³-hybridized carbons (Fsp3) is 0.375. The number of rotatable bonds is 6. The highest BCUT2D eigenvalue weighted by Gasteiger charge is 2.18. The van der Waals surface area contributed by atoms with E-state index in [1.807, 2.05) is 29.6 Å². The van der Waals surface area contributed by atoms with E-state index >= 15 is 0 Å². The van der Waals surface area contributed by atoms with Crippen LogP contribution in [-0.4, -0.2) is 11.7 Å². The molecule has 0 radical (unpaired) electrons. The molecule has 19 heavy (non-hydrogen) atoms. The predicted octanol–water partition coefficient (Wildman–Crippen LogP) is 4.18. The summed E-state index contributed by atoms with van der Waals surface area (Å²) in [6.07, 6.45) is 1.31. The molecule has 2 rings (SSSR count). The number of thiophene rings is 1. The first-order valence-electron chi connectivity index (χ1n) is 6.74. The van der Waals surface area contributed by atoms with E-state index in [1.54, 1.807) is 11.3 Å². The summed E-state index contributed by atoms with van der Waals surface area (Å²) in [6.45, 7) is 4.86. The quantitative estimate of drug-likeness (QED) is 0.857. The number of hydrogen-bond donors (Lipinski definition) is 1. The Morgan fingerprint density at radius 1 is 1.21 bits per heavy atom. The van der Waals surface area contributed by atoms with Gasteiger partial charge in [-0.2, -0.15) is 0 Å². The fourth-order valence-corrected chi connectivity index (χ4v) is 3.07. The summed E-state index contributed by atoms with van der Waals surface area (Å²) in [5, 5.41) is 12.6. The third-order valence-corrected chi connectivity index (χ3v) is 4.10. The molecule has 1 N–H and O–H groups in total. The summed E-state index contributed by atoms with van der Waals surface area (Å²) in [7, 11) is 0. The van der Waals surface area contributed by atoms with Crippen molar-refractivity contribution in [2.45, 2.75) is 32.8 Å². The highest BCUT2D eigenvalue weighted by Crippen LogP contribution is 2.34. The number of aliphatic hydroxyl groups is 1. The summed E-state index contributed by atoms with van der Waals surface area (Å²) in [5.41, 5.74) is 2.07. The van der Waals surface area contributed by atoms with Gasteiger partial charge in [0.1, 0.15) is 11.9 Å². The molecule has 0 bridgehead atoms. The minimum atomic E-state index is -0.594. The minimum Gasteiger partial charge on any atom is -0.493 e. The summed E-state index contributed by atoms with van der Waals surface area (Å²) in [6, 6.07) is 9.83. The summed E-state index contributed by atoms with van der Waals surface area (Å²) < 4.78 is 5.72. The SMILES string of the molecule is CCCOc1ccccc1C(O)c1sccc1CC. The maximum Gasteiger partial charge on any atom is 0.125 e. The third-order valence-electron chi connectivity index (χ3n) is 3.09. The minimum absolute atomic E-state index is 0.594. The van der Waals surface area contributed by atoms with Gasteiger partial charge in [0, 0.05) is 10.4 Å². The zero-order chi connectivity index (χ0) is 13.7. The van der Waals surface area contributed by atoms with Gasteiger partial charge in [0.2, 0.25) is 0 Å². The van der Waals surface area contributed by atoms with Gasteiger partial charge >= 0.3 is 0 Å². The van der Waals surface area contributed by atoms with Gasteiger partial charge in [0.05, 0.1) is 6.61 Å². The second-order valence-electron chi connectivity index (χ2n) is 4.45. The van der Waals surface area contributed by atoms with Crippen molar-refractivity contribution in [1.29, 1.82) is 0 Å². The van der Waals surface area contributed by atoms with Crippen LogP contribution in [-0.2, 0) is 6.42 Å². The molecule has 102 valence electrons. The number of aliphatic hydroxyl groups excluding tert-OH is 1. The van der Waals surface area contributed by atoms with Crippen LogP contribution in [0.1, 0.15) is 42.4 Å². The Kier molecular flexibility index (Phi) is 5.00. The Morgan fingerprint density at radius 3 is 2.74 bits per heavy atom. The zero-order valence-corrected chi connectivity index (χ0v) is 12.2. The van der Waals surface area contributed by atoms with Crippen molar-refractivity contribution in [3.8, 4) is 5.75 Å². The molecule has 0 spiro atoms. The number of benzene rings is 1. The van der Waals surface area contributed by atoms with Crippen LogP contribution in [0.15, 0.2) is 35.7 Å². The normalized spacial score (nSPS) is 12.4. The van der Waals surface area contributed by atoms with Crippen LogP contribution in [0.4, 0.5) is 0 Å². The maximum absolute atomic E-state index is 10.6. The molecule has 1 heterocycles. The Bertz CT molecular complexity index is 519. The third kappa shape index (κ3) is 3.17. The second-order valence-corrected chi connectivity index (χ2v) is 5.40. The van der Waals surface area contributed by atoms with Crippen LogP contribution in [0, 0.1) is 0 Å². The van der Waals surface area contributed by atoms with E-state index in [0.29, 0.717) is 6.61 Å². The lowest BCUT2D eigenvalue weighted by Crippen LogP contribution is -2.05. The summed E-state index contributed by atoms with van der Waals surface area (Å²) in [5.74, 6) is 0.785. The largest absolute Gasteiger partial charge is 0.493 e. The van der Waals surface area contributed by atoms with E-state index in [0.717, 1.165) is 29.0 Å². The van der Waals surface area contributed by atoms with Gasteiger partial charge in [-0.15, -0.1) is 11.3 Å². The van der Waals surface area contributed by atoms with Crippen LogP contribution in [0.2, 0.25) is 0 Å². The maximum atomic E-state index is 10.6. The molecule has 3 heteroatoms. The second kappa shape index (κ2) is 6.73. The van der Waals surface area contributed by atoms with Crippen molar-refractivity contribution in [2.75, 3.05) is 6.61 Å². The van der Waals surface area contributed by atoms with E-state index in [9.17, 15) is 5.11 Å². The van der Waals surface area contributed by atoms with Gasteiger partial charge in [-0.1, -0.05) is 32.0 Å². The molecule has 1 aromatic heterocycles. The van der Waals surface area contributed by atoms with Crippen LogP contribution in [0.25, 0.3) is 0 Å². The Hall–Kier alpha value is -1.32. The molecule has 0 aliphatic carbocycles. The first-order valence-corrected chi connectivity index (χ1v) is 7.61. The monoisotopic (exact) mass is 276 g/mol. The average Bonchev–Trinajstić information content (AvgIpc) is 2.93. The molecule has 0 aliphatic rings. The van der Waals surface area contributed by atoms with E-state index < -0.39 is 6.10 Å². The lowest BCUT2D eigenvalue weighted by molar-refractivity contribution is 0.213. The van der Waals surface area contributed by atoms with Crippen molar-refractivity contribution in [2.24, 2.45) is 0 Å². The van der Waals surface area contributed by atoms with Gasteiger partial charge < -0.3 is 9.84 Å². The summed E-state index contributed by atoms with van der Waals surface area (Å²) in [4.78, 5) is 1.02. The number of ether oxygens (including phenoxy) is 1. The molecule has 0 saturated carbocycles. The molecule has 0 saturated heterocycles. The molecule has 1 atom stereocenters. The van der Waals surface area contributed by atoms with E-state index in [4.69, 9.17) is 4.74 Å². The van der Waals surface area contributed by atoms with Gasteiger partial charge in [-0.3, -0.25) is 0 Å². The lowest BCUT2D eigenvalue weighted by atomic mass is 10.0. The molecule has 0 fully saturated rings. The Morgan fingerprint density at radius 2 is 2.00 bits per heavy atom. The fourth-order valence-electron chi connectivity index (χ4n) is 2.07. The predicted molar refractivity (Wildman–Crippen MR) is 80.0 cm³/mol.